The number of nitrogens with one attached hydrogen (secondary N) is 5. The number of anilines is 2. The Morgan fingerprint density at radius 2 is 1.59 bits per heavy atom. The Kier molecular flexibility index (Phi) is 17.1. The lowest BCUT2D eigenvalue weighted by atomic mass is 10.1. The summed E-state index contributed by atoms with van der Waals surface area (Å²) in [6.07, 6.45) is -2.44. The molecule has 4 aromatic rings. The molecule has 4 heterocycles. The van der Waals surface area contributed by atoms with Gasteiger partial charge in [-0.05, 0) is 60.2 Å². The molecular formula is C41H50ClF2N7O13. The Labute approximate surface area is 370 Å². The summed E-state index contributed by atoms with van der Waals surface area (Å²) in [6.45, 7) is 4.98. The molecule has 7 rings (SSSR count). The van der Waals surface area contributed by atoms with E-state index in [1.54, 1.807) is 18.2 Å². The van der Waals surface area contributed by atoms with Gasteiger partial charge < -0.3 is 59.4 Å². The largest absolute Gasteiger partial charge is 0.380 e. The standard InChI is InChI=1S/C41H50ClF2N7O13/c42-29-20-27(21-30(43)24-29)26-47-40(53)41(54)25-36(44)50(64-41)31-4-5-32-28(22-31)23-34(48-32)39(52)46-8-11-56-13-15-58-17-19-59-18-16-57-14-12-55-10-7-45-33-2-1-3-35-38(33)63-51(62-35)37-6-9-60-49-61-37/h1-5,20-24,36-37,45,48-49,54H,6-19,25-26H2,(H,46,52)(H,47,53). The van der Waals surface area contributed by atoms with E-state index in [9.17, 15) is 19.1 Å². The van der Waals surface area contributed by atoms with Gasteiger partial charge in [-0.2, -0.15) is 0 Å². The zero-order valence-electron chi connectivity index (χ0n) is 34.6. The van der Waals surface area contributed by atoms with E-state index < -0.39 is 36.5 Å². The van der Waals surface area contributed by atoms with E-state index in [2.05, 4.69) is 26.6 Å². The van der Waals surface area contributed by atoms with E-state index in [1.807, 2.05) is 18.2 Å². The van der Waals surface area contributed by atoms with Crippen molar-refractivity contribution in [3.05, 3.63) is 82.8 Å². The van der Waals surface area contributed by atoms with Crippen molar-refractivity contribution >= 4 is 45.7 Å². The van der Waals surface area contributed by atoms with Gasteiger partial charge >= 0.3 is 0 Å². The number of fused-ring (bicyclic) bond motifs is 2. The van der Waals surface area contributed by atoms with E-state index >= 15 is 4.39 Å². The summed E-state index contributed by atoms with van der Waals surface area (Å²) in [4.78, 5) is 55.7. The maximum Gasteiger partial charge on any atom is 0.282 e. The predicted molar refractivity (Wildman–Crippen MR) is 223 cm³/mol. The molecule has 0 aliphatic carbocycles. The normalized spacial score (nSPS) is 19.7. The summed E-state index contributed by atoms with van der Waals surface area (Å²) in [6, 6.07) is 15.6. The molecule has 64 heavy (non-hydrogen) atoms. The third kappa shape index (κ3) is 13.1. The summed E-state index contributed by atoms with van der Waals surface area (Å²) >= 11 is 5.86. The van der Waals surface area contributed by atoms with E-state index in [4.69, 9.17) is 59.5 Å². The number of nitrogens with zero attached hydrogens (tertiary/aromatic N) is 2. The second-order valence-corrected chi connectivity index (χ2v) is 14.8. The first-order valence-electron chi connectivity index (χ1n) is 20.6. The molecule has 3 aliphatic heterocycles. The van der Waals surface area contributed by atoms with Gasteiger partial charge in [0.15, 0.2) is 5.75 Å². The highest BCUT2D eigenvalue weighted by Crippen LogP contribution is 2.41. The van der Waals surface area contributed by atoms with Crippen LogP contribution in [0, 0.1) is 5.82 Å². The molecule has 6 N–H and O–H groups in total. The molecule has 0 bridgehead atoms. The molecule has 348 valence electrons. The van der Waals surface area contributed by atoms with Gasteiger partial charge in [0.2, 0.25) is 18.3 Å². The van der Waals surface area contributed by atoms with Gasteiger partial charge in [-0.25, -0.2) is 18.7 Å². The van der Waals surface area contributed by atoms with E-state index in [0.29, 0.717) is 107 Å². The maximum atomic E-state index is 15.1. The first kappa shape index (κ1) is 47.0. The smallest absolute Gasteiger partial charge is 0.282 e. The van der Waals surface area contributed by atoms with Crippen LogP contribution in [0.15, 0.2) is 60.7 Å². The lowest BCUT2D eigenvalue weighted by Gasteiger charge is -2.26. The molecule has 0 spiro atoms. The third-order valence-corrected chi connectivity index (χ3v) is 9.88. The van der Waals surface area contributed by atoms with Gasteiger partial charge in [-0.1, -0.05) is 23.3 Å². The number of hydrogen-bond acceptors (Lipinski definition) is 17. The van der Waals surface area contributed by atoms with Crippen LogP contribution in [-0.2, 0) is 49.5 Å². The van der Waals surface area contributed by atoms with Crippen LogP contribution < -0.4 is 36.3 Å². The number of ether oxygens (including phenoxy) is 5. The topological polar surface area (TPSA) is 217 Å². The van der Waals surface area contributed by atoms with Crippen LogP contribution in [0.2, 0.25) is 5.02 Å². The van der Waals surface area contributed by atoms with Crippen LogP contribution in [0.1, 0.15) is 28.9 Å². The number of benzene rings is 3. The zero-order chi connectivity index (χ0) is 44.7. The molecular weight excluding hydrogens is 872 g/mol. The number of rotatable bonds is 25. The van der Waals surface area contributed by atoms with Gasteiger partial charge in [0.1, 0.15) is 11.5 Å². The number of halogens is 3. The maximum absolute atomic E-state index is 15.1. The first-order chi connectivity index (χ1) is 31.1. The highest BCUT2D eigenvalue weighted by atomic mass is 35.5. The van der Waals surface area contributed by atoms with Crippen molar-refractivity contribution in [1.29, 1.82) is 0 Å². The quantitative estimate of drug-likeness (QED) is 0.0415. The number of para-hydroxylation sites is 1. The lowest BCUT2D eigenvalue weighted by Crippen LogP contribution is -2.47. The molecule has 2 fully saturated rings. The molecule has 3 aromatic carbocycles. The SMILES string of the molecule is O=C(NCCOCCOCCOCCOCCOCCNc1cccc2c1ON(C1CCONO1)O2)c1cc2cc(N3OC(O)(C(=O)NCc4cc(F)cc(Cl)c4)CC3F)ccc2[nH]1. The number of amides is 2. The summed E-state index contributed by atoms with van der Waals surface area (Å²) < 4.78 is 56.5. The molecule has 1 aromatic heterocycles. The van der Waals surface area contributed by atoms with Crippen molar-refractivity contribution in [3.63, 3.8) is 0 Å². The summed E-state index contributed by atoms with van der Waals surface area (Å²) in [5.41, 5.74) is 4.54. The molecule has 20 nitrogen and oxygen atoms in total. The van der Waals surface area contributed by atoms with Gasteiger partial charge in [0, 0.05) is 42.0 Å². The van der Waals surface area contributed by atoms with Crippen LogP contribution in [0.3, 0.4) is 0 Å². The number of hydrogen-bond donors (Lipinski definition) is 6. The minimum Gasteiger partial charge on any atom is -0.380 e. The average molecular weight is 922 g/mol. The zero-order valence-corrected chi connectivity index (χ0v) is 35.4. The fourth-order valence-corrected chi connectivity index (χ4v) is 6.79. The fraction of sp³-hybridized carbons (Fsp3) is 0.463. The number of aromatic nitrogens is 1. The average Bonchev–Trinajstić information content (AvgIpc) is 4.01. The molecule has 2 saturated heterocycles. The first-order valence-corrected chi connectivity index (χ1v) is 21.0. The molecule has 3 unspecified atom stereocenters. The van der Waals surface area contributed by atoms with E-state index in [0.717, 1.165) is 16.8 Å². The second kappa shape index (κ2) is 23.3. The number of carbonyl (C=O) groups excluding carboxylic acids is 2. The highest BCUT2D eigenvalue weighted by Gasteiger charge is 2.51. The van der Waals surface area contributed by atoms with Crippen LogP contribution in [0.4, 0.5) is 20.2 Å². The Morgan fingerprint density at radius 1 is 0.875 bits per heavy atom. The number of H-pyrrole nitrogens is 1. The Morgan fingerprint density at radius 3 is 2.30 bits per heavy atom. The highest BCUT2D eigenvalue weighted by molar-refractivity contribution is 6.30. The summed E-state index contributed by atoms with van der Waals surface area (Å²) in [5.74, 6) is -3.35. The van der Waals surface area contributed by atoms with Crippen molar-refractivity contribution in [1.82, 2.24) is 26.5 Å². The Bertz CT molecular complexity index is 2130. The molecule has 3 aliphatic rings. The van der Waals surface area contributed by atoms with E-state index in [1.165, 1.54) is 23.4 Å². The van der Waals surface area contributed by atoms with Gasteiger partial charge in [-0.15, -0.1) is 0 Å². The van der Waals surface area contributed by atoms with Crippen molar-refractivity contribution in [3.8, 4) is 11.5 Å². The molecule has 23 heteroatoms. The number of aliphatic hydroxyl groups is 1. The number of alkyl halides is 1. The predicted octanol–water partition coefficient (Wildman–Crippen LogP) is 3.41. The van der Waals surface area contributed by atoms with Crippen molar-refractivity contribution in [2.45, 2.75) is 37.7 Å². The monoisotopic (exact) mass is 921 g/mol. The number of hydroxylamine groups is 3. The van der Waals surface area contributed by atoms with Gasteiger partial charge in [0.05, 0.1) is 95.7 Å². The van der Waals surface area contributed by atoms with Crippen LogP contribution in [0.25, 0.3) is 10.9 Å². The minimum absolute atomic E-state index is 0.135. The van der Waals surface area contributed by atoms with Gasteiger partial charge in [0.25, 0.3) is 17.6 Å². The van der Waals surface area contributed by atoms with Crippen LogP contribution in [-0.4, -0.2) is 131 Å². The second-order valence-electron chi connectivity index (χ2n) is 14.4. The molecule has 0 radical (unpaired) electrons. The third-order valence-electron chi connectivity index (χ3n) is 9.66. The summed E-state index contributed by atoms with van der Waals surface area (Å²) in [5, 5.41) is 22.1. The molecule has 2 amide bonds. The van der Waals surface area contributed by atoms with Crippen molar-refractivity contribution in [2.75, 3.05) is 96.1 Å². The Hall–Kier alpha value is -4.95. The minimum atomic E-state index is -2.52. The Balaban J connectivity index is 0.674. The molecule has 3 atom stereocenters. The van der Waals surface area contributed by atoms with Gasteiger partial charge in [-0.3, -0.25) is 19.3 Å². The number of carbonyl (C=O) groups is 2. The van der Waals surface area contributed by atoms with Crippen LogP contribution >= 0.6 is 11.6 Å². The fourth-order valence-electron chi connectivity index (χ4n) is 6.54. The molecule has 0 saturated carbocycles. The summed E-state index contributed by atoms with van der Waals surface area (Å²) in [7, 11) is 0. The van der Waals surface area contributed by atoms with Crippen molar-refractivity contribution < 1.29 is 71.3 Å². The lowest BCUT2D eigenvalue weighted by molar-refractivity contribution is -0.376. The number of aromatic amines is 1. The van der Waals surface area contributed by atoms with Crippen LogP contribution in [0.5, 0.6) is 11.5 Å². The van der Waals surface area contributed by atoms with E-state index in [-0.39, 0.29) is 42.0 Å². The van der Waals surface area contributed by atoms with Crippen molar-refractivity contribution in [2.24, 2.45) is 0 Å².